The lowest BCUT2D eigenvalue weighted by Gasteiger charge is -2.37. The van der Waals surface area contributed by atoms with Gasteiger partial charge in [-0.25, -0.2) is 13.9 Å². The van der Waals surface area contributed by atoms with Crippen LogP contribution >= 0.6 is 0 Å². The Kier molecular flexibility index (Phi) is 6.71. The Bertz CT molecular complexity index is 1820. The quantitative estimate of drug-likeness (QED) is 0.257. The highest BCUT2D eigenvalue weighted by atomic mass is 19.1. The average molecular weight is 575 g/mol. The molecule has 7 rings (SSSR count). The Morgan fingerprint density at radius 2 is 1.98 bits per heavy atom. The van der Waals surface area contributed by atoms with Gasteiger partial charge in [0.25, 0.3) is 5.91 Å². The Labute approximate surface area is 249 Å². The van der Waals surface area contributed by atoms with Gasteiger partial charge in [-0.2, -0.15) is 5.10 Å². The zero-order valence-electron chi connectivity index (χ0n) is 24.1. The van der Waals surface area contributed by atoms with Crippen molar-refractivity contribution in [2.75, 3.05) is 13.2 Å². The molecule has 0 unspecified atom stereocenters. The zero-order valence-corrected chi connectivity index (χ0v) is 24.1. The number of rotatable bonds is 6. The summed E-state index contributed by atoms with van der Waals surface area (Å²) in [6, 6.07) is 13.1. The number of fused-ring (bicyclic) bond motifs is 2. The van der Waals surface area contributed by atoms with Gasteiger partial charge in [0.2, 0.25) is 0 Å². The fourth-order valence-electron chi connectivity index (χ4n) is 6.08. The van der Waals surface area contributed by atoms with Gasteiger partial charge in [0.1, 0.15) is 5.82 Å². The molecule has 1 aliphatic carbocycles. The molecule has 3 aromatic rings. The predicted octanol–water partition coefficient (Wildman–Crippen LogP) is 6.26. The summed E-state index contributed by atoms with van der Waals surface area (Å²) in [5, 5.41) is 4.19. The molecule has 216 valence electrons. The molecule has 4 heterocycles. The molecule has 0 saturated heterocycles. The Morgan fingerprint density at radius 1 is 1.14 bits per heavy atom. The van der Waals surface area contributed by atoms with Crippen LogP contribution < -0.4 is 0 Å². The monoisotopic (exact) mass is 574 g/mol. The smallest absolute Gasteiger partial charge is 0.341 e. The van der Waals surface area contributed by atoms with Crippen LogP contribution in [0.15, 0.2) is 102 Å². The van der Waals surface area contributed by atoms with Crippen molar-refractivity contribution in [2.24, 2.45) is 5.92 Å². The van der Waals surface area contributed by atoms with E-state index in [1.807, 2.05) is 34.3 Å². The number of hydrogen-bond donors (Lipinski definition) is 0. The van der Waals surface area contributed by atoms with Crippen LogP contribution in [-0.4, -0.2) is 44.6 Å². The number of amides is 1. The van der Waals surface area contributed by atoms with Crippen molar-refractivity contribution in [3.63, 3.8) is 0 Å². The zero-order chi connectivity index (χ0) is 29.7. The molecule has 1 saturated carbocycles. The number of halogens is 1. The first-order valence-electron chi connectivity index (χ1n) is 14.7. The van der Waals surface area contributed by atoms with E-state index in [0.717, 1.165) is 30.5 Å². The van der Waals surface area contributed by atoms with Gasteiger partial charge in [-0.05, 0) is 80.0 Å². The summed E-state index contributed by atoms with van der Waals surface area (Å²) in [6.07, 6.45) is 13.5. The Hall–Kier alpha value is -4.94. The third kappa shape index (κ3) is 4.94. The van der Waals surface area contributed by atoms with E-state index < -0.39 is 11.8 Å². The average Bonchev–Trinajstić information content (AvgIpc) is 3.75. The van der Waals surface area contributed by atoms with Gasteiger partial charge in [-0.15, -0.1) is 0 Å². The van der Waals surface area contributed by atoms with Crippen LogP contribution in [0.25, 0.3) is 11.3 Å². The van der Waals surface area contributed by atoms with Gasteiger partial charge >= 0.3 is 5.97 Å². The van der Waals surface area contributed by atoms with E-state index >= 15 is 4.39 Å². The Morgan fingerprint density at radius 3 is 2.77 bits per heavy atom. The van der Waals surface area contributed by atoms with Crippen molar-refractivity contribution in [1.82, 2.24) is 19.6 Å². The molecule has 1 fully saturated rings. The maximum Gasteiger partial charge on any atom is 0.341 e. The van der Waals surface area contributed by atoms with Gasteiger partial charge in [0.05, 0.1) is 41.4 Å². The molecule has 2 aromatic carbocycles. The van der Waals surface area contributed by atoms with Crippen LogP contribution in [0.2, 0.25) is 0 Å². The van der Waals surface area contributed by atoms with Gasteiger partial charge in [-0.3, -0.25) is 4.79 Å². The summed E-state index contributed by atoms with van der Waals surface area (Å²) in [7, 11) is 0. The summed E-state index contributed by atoms with van der Waals surface area (Å²) in [5.74, 6) is -0.512. The van der Waals surface area contributed by atoms with Gasteiger partial charge in [0.15, 0.2) is 0 Å². The number of esters is 1. The van der Waals surface area contributed by atoms with E-state index in [-0.39, 0.29) is 18.6 Å². The van der Waals surface area contributed by atoms with E-state index in [0.29, 0.717) is 40.4 Å². The number of ether oxygens (including phenoxy) is 1. The molecule has 0 N–H and O–H groups in total. The molecule has 7 nitrogen and oxygen atoms in total. The van der Waals surface area contributed by atoms with Crippen molar-refractivity contribution in [2.45, 2.75) is 39.2 Å². The van der Waals surface area contributed by atoms with E-state index in [1.165, 1.54) is 34.3 Å². The normalized spacial score (nSPS) is 19.1. The SMILES string of the molecule is CCOC(=O)c1cnn(-c2ccc(C3=CN4C=C(C(=O)N5CCc6ccccc6[C@H]5C)C=C(C5CC5)C4=C=C3)c(F)c2)c1. The van der Waals surface area contributed by atoms with E-state index in [2.05, 4.69) is 36.0 Å². The summed E-state index contributed by atoms with van der Waals surface area (Å²) in [5.41, 5.74) is 10.3. The largest absolute Gasteiger partial charge is 0.462 e. The molecule has 1 amide bonds. The molecular weight excluding hydrogens is 543 g/mol. The number of nitrogens with zero attached hydrogens (tertiary/aromatic N) is 4. The highest BCUT2D eigenvalue weighted by Crippen LogP contribution is 2.45. The molecule has 3 aliphatic heterocycles. The second-order valence-electron chi connectivity index (χ2n) is 11.3. The lowest BCUT2D eigenvalue weighted by atomic mass is 9.92. The molecular formula is C35H31FN4O3. The van der Waals surface area contributed by atoms with Crippen LogP contribution in [0, 0.1) is 11.7 Å². The fraction of sp³-hybridized carbons (Fsp3) is 0.257. The standard InChI is InChI=1S/C35H31FN4O3/c1-3-43-35(42)27-18-37-40(21-27)28-11-12-30(32(36)17-28)25-10-13-33-31(24-8-9-24)16-26(20-38(33)19-25)34(41)39-15-14-23-6-4-5-7-29(23)22(39)2/h4-7,10-12,16-22,24H,3,8-9,14-15H2,1-2H3/t22-/m1/s1. The van der Waals surface area contributed by atoms with Crippen molar-refractivity contribution in [3.8, 4) is 5.69 Å². The maximum absolute atomic E-state index is 15.5. The van der Waals surface area contributed by atoms with Crippen molar-refractivity contribution in [3.05, 3.63) is 130 Å². The molecule has 1 aromatic heterocycles. The molecule has 0 bridgehead atoms. The summed E-state index contributed by atoms with van der Waals surface area (Å²) in [4.78, 5) is 29.8. The Balaban J connectivity index is 1.18. The number of aromatic nitrogens is 2. The van der Waals surface area contributed by atoms with Crippen molar-refractivity contribution >= 4 is 17.4 Å². The number of hydrogen-bond acceptors (Lipinski definition) is 5. The lowest BCUT2D eigenvalue weighted by molar-refractivity contribution is -0.129. The molecule has 4 aliphatic rings. The molecule has 0 spiro atoms. The number of allylic oxidation sites excluding steroid dienone is 2. The number of benzene rings is 2. The lowest BCUT2D eigenvalue weighted by Crippen LogP contribution is -2.40. The topological polar surface area (TPSA) is 67.7 Å². The number of carbonyl (C=O) groups excluding carboxylic acids is 2. The molecule has 1 atom stereocenters. The molecule has 43 heavy (non-hydrogen) atoms. The second kappa shape index (κ2) is 10.7. The second-order valence-corrected chi connectivity index (χ2v) is 11.3. The van der Waals surface area contributed by atoms with Crippen molar-refractivity contribution < 1.29 is 18.7 Å². The van der Waals surface area contributed by atoms with Crippen LogP contribution in [0.4, 0.5) is 4.39 Å². The number of carbonyl (C=O) groups is 2. The van der Waals surface area contributed by atoms with Crippen LogP contribution in [-0.2, 0) is 16.0 Å². The van der Waals surface area contributed by atoms with E-state index in [4.69, 9.17) is 4.74 Å². The highest BCUT2D eigenvalue weighted by Gasteiger charge is 2.36. The van der Waals surface area contributed by atoms with Crippen LogP contribution in [0.3, 0.4) is 0 Å². The van der Waals surface area contributed by atoms with Gasteiger partial charge in [0, 0.05) is 42.3 Å². The summed E-state index contributed by atoms with van der Waals surface area (Å²) >= 11 is 0. The van der Waals surface area contributed by atoms with Crippen molar-refractivity contribution in [1.29, 1.82) is 0 Å². The third-order valence-corrected chi connectivity index (χ3v) is 8.51. The first kappa shape index (κ1) is 26.9. The highest BCUT2D eigenvalue weighted by molar-refractivity contribution is 5.97. The molecule has 0 radical (unpaired) electrons. The van der Waals surface area contributed by atoms with Crippen LogP contribution in [0.1, 0.15) is 59.8 Å². The molecule has 8 heteroatoms. The minimum absolute atomic E-state index is 0.000602. The minimum Gasteiger partial charge on any atom is -0.462 e. The first-order chi connectivity index (χ1) is 20.9. The van der Waals surface area contributed by atoms with Gasteiger partial charge < -0.3 is 14.5 Å². The first-order valence-corrected chi connectivity index (χ1v) is 14.7. The maximum atomic E-state index is 15.5. The summed E-state index contributed by atoms with van der Waals surface area (Å²) < 4.78 is 22.0. The summed E-state index contributed by atoms with van der Waals surface area (Å²) in [6.45, 7) is 4.75. The minimum atomic E-state index is -0.474. The third-order valence-electron chi connectivity index (χ3n) is 8.51. The van der Waals surface area contributed by atoms with Crippen LogP contribution in [0.5, 0.6) is 0 Å². The fourth-order valence-corrected chi connectivity index (χ4v) is 6.08. The van der Waals surface area contributed by atoms with E-state index in [1.54, 1.807) is 25.1 Å². The predicted molar refractivity (Wildman–Crippen MR) is 160 cm³/mol. The van der Waals surface area contributed by atoms with E-state index in [9.17, 15) is 9.59 Å². The van der Waals surface area contributed by atoms with Gasteiger partial charge in [-0.1, -0.05) is 30.0 Å².